The van der Waals surface area contributed by atoms with Gasteiger partial charge >= 0.3 is 0 Å². The third kappa shape index (κ3) is 3.19. The zero-order valence-electron chi connectivity index (χ0n) is 11.0. The number of hydrogen-bond acceptors (Lipinski definition) is 2. The van der Waals surface area contributed by atoms with Crippen LogP contribution in [0.3, 0.4) is 0 Å². The third-order valence-electron chi connectivity index (χ3n) is 3.54. The van der Waals surface area contributed by atoms with E-state index in [2.05, 4.69) is 51.6 Å². The van der Waals surface area contributed by atoms with Crippen LogP contribution in [0.15, 0.2) is 24.3 Å². The van der Waals surface area contributed by atoms with Crippen LogP contribution in [0.1, 0.15) is 39.2 Å². The van der Waals surface area contributed by atoms with Gasteiger partial charge in [-0.15, -0.1) is 0 Å². The van der Waals surface area contributed by atoms with Crippen LogP contribution in [-0.2, 0) is 5.41 Å². The fraction of sp³-hybridized carbons (Fsp3) is 0.600. The van der Waals surface area contributed by atoms with Crippen LogP contribution in [0.5, 0.6) is 5.75 Å². The molecule has 0 unspecified atom stereocenters. The lowest BCUT2D eigenvalue weighted by Gasteiger charge is -2.20. The first-order valence-corrected chi connectivity index (χ1v) is 6.93. The number of benzene rings is 1. The Hall–Kier alpha value is -0.630. The Balaban J connectivity index is 2.02. The van der Waals surface area contributed by atoms with Crippen molar-refractivity contribution >= 4 is 12.6 Å². The van der Waals surface area contributed by atoms with Gasteiger partial charge in [-0.05, 0) is 41.7 Å². The molecule has 0 radical (unpaired) electrons. The van der Waals surface area contributed by atoms with E-state index in [0.717, 1.165) is 18.1 Å². The predicted molar refractivity (Wildman–Crippen MR) is 76.2 cm³/mol. The van der Waals surface area contributed by atoms with E-state index in [-0.39, 0.29) is 5.41 Å². The molecular formula is C15H22OS. The smallest absolute Gasteiger partial charge is 0.119 e. The molecule has 1 aromatic carbocycles. The fourth-order valence-electron chi connectivity index (χ4n) is 1.81. The molecule has 0 saturated heterocycles. The predicted octanol–water partition coefficient (Wildman–Crippen LogP) is 4.07. The van der Waals surface area contributed by atoms with Gasteiger partial charge in [-0.3, -0.25) is 0 Å². The van der Waals surface area contributed by atoms with E-state index in [0.29, 0.717) is 5.41 Å². The van der Waals surface area contributed by atoms with Gasteiger partial charge < -0.3 is 4.74 Å². The Morgan fingerprint density at radius 2 is 2.00 bits per heavy atom. The van der Waals surface area contributed by atoms with E-state index in [1.165, 1.54) is 18.4 Å². The molecule has 1 aromatic rings. The summed E-state index contributed by atoms with van der Waals surface area (Å²) in [6, 6.07) is 8.45. The van der Waals surface area contributed by atoms with Gasteiger partial charge in [0.2, 0.25) is 0 Å². The first-order valence-electron chi connectivity index (χ1n) is 6.29. The van der Waals surface area contributed by atoms with Crippen LogP contribution >= 0.6 is 12.6 Å². The summed E-state index contributed by atoms with van der Waals surface area (Å²) in [6.45, 7) is 7.48. The minimum absolute atomic E-state index is 0.181. The van der Waals surface area contributed by atoms with Gasteiger partial charge in [-0.2, -0.15) is 12.6 Å². The molecule has 0 heterocycles. The second-order valence-electron chi connectivity index (χ2n) is 6.22. The fourth-order valence-corrected chi connectivity index (χ4v) is 2.22. The van der Waals surface area contributed by atoms with Crippen molar-refractivity contribution in [3.8, 4) is 5.75 Å². The normalized spacial score (nSPS) is 17.9. The topological polar surface area (TPSA) is 9.23 Å². The van der Waals surface area contributed by atoms with Gasteiger partial charge in [0, 0.05) is 5.41 Å². The molecule has 0 N–H and O–H groups in total. The van der Waals surface area contributed by atoms with Crippen molar-refractivity contribution in [1.29, 1.82) is 0 Å². The molecule has 0 bridgehead atoms. The molecule has 0 aliphatic heterocycles. The van der Waals surface area contributed by atoms with Crippen LogP contribution in [-0.4, -0.2) is 12.4 Å². The Labute approximate surface area is 110 Å². The lowest BCUT2D eigenvalue weighted by Crippen LogP contribution is -2.15. The Kier molecular flexibility index (Phi) is 3.44. The number of hydrogen-bond donors (Lipinski definition) is 1. The molecule has 0 spiro atoms. The monoisotopic (exact) mass is 250 g/mol. The van der Waals surface area contributed by atoms with E-state index in [1.54, 1.807) is 0 Å². The summed E-state index contributed by atoms with van der Waals surface area (Å²) in [5.41, 5.74) is 1.87. The van der Waals surface area contributed by atoms with Crippen molar-refractivity contribution in [2.75, 3.05) is 12.4 Å². The molecule has 94 valence electrons. The quantitative estimate of drug-likeness (QED) is 0.792. The molecule has 0 aromatic heterocycles. The average Bonchev–Trinajstić information content (AvgIpc) is 3.06. The highest BCUT2D eigenvalue weighted by molar-refractivity contribution is 7.80. The van der Waals surface area contributed by atoms with Crippen LogP contribution in [0.2, 0.25) is 0 Å². The highest BCUT2D eigenvalue weighted by atomic mass is 32.1. The van der Waals surface area contributed by atoms with Crippen molar-refractivity contribution in [3.63, 3.8) is 0 Å². The Morgan fingerprint density at radius 1 is 1.29 bits per heavy atom. The molecule has 17 heavy (non-hydrogen) atoms. The molecule has 2 rings (SSSR count). The van der Waals surface area contributed by atoms with Crippen LogP contribution in [0.25, 0.3) is 0 Å². The number of thiol groups is 1. The maximum absolute atomic E-state index is 5.91. The summed E-state index contributed by atoms with van der Waals surface area (Å²) in [7, 11) is 0. The Morgan fingerprint density at radius 3 is 2.53 bits per heavy atom. The summed E-state index contributed by atoms with van der Waals surface area (Å²) in [4.78, 5) is 0. The van der Waals surface area contributed by atoms with Gasteiger partial charge in [0.15, 0.2) is 0 Å². The molecule has 1 fully saturated rings. The largest absolute Gasteiger partial charge is 0.493 e. The zero-order valence-corrected chi connectivity index (χ0v) is 11.9. The molecule has 2 heteroatoms. The highest BCUT2D eigenvalue weighted by Crippen LogP contribution is 2.46. The minimum Gasteiger partial charge on any atom is -0.493 e. The molecule has 1 saturated carbocycles. The second kappa shape index (κ2) is 4.56. The van der Waals surface area contributed by atoms with Gasteiger partial charge in [0.25, 0.3) is 0 Å². The van der Waals surface area contributed by atoms with Crippen LogP contribution < -0.4 is 4.74 Å². The van der Waals surface area contributed by atoms with Crippen LogP contribution in [0, 0.1) is 5.41 Å². The van der Waals surface area contributed by atoms with Gasteiger partial charge in [-0.25, -0.2) is 0 Å². The van der Waals surface area contributed by atoms with Crippen molar-refractivity contribution in [2.45, 2.75) is 39.0 Å². The molecule has 0 atom stereocenters. The lowest BCUT2D eigenvalue weighted by atomic mass is 9.87. The van der Waals surface area contributed by atoms with Crippen molar-refractivity contribution in [2.24, 2.45) is 5.41 Å². The highest BCUT2D eigenvalue weighted by Gasteiger charge is 2.42. The molecule has 1 nitrogen and oxygen atoms in total. The van der Waals surface area contributed by atoms with Crippen molar-refractivity contribution in [3.05, 3.63) is 29.8 Å². The summed E-state index contributed by atoms with van der Waals surface area (Å²) < 4.78 is 5.91. The van der Waals surface area contributed by atoms with Gasteiger partial charge in [0.05, 0.1) is 6.61 Å². The molecule has 0 amide bonds. The molecular weight excluding hydrogens is 228 g/mol. The van der Waals surface area contributed by atoms with Crippen molar-refractivity contribution in [1.82, 2.24) is 0 Å². The second-order valence-corrected chi connectivity index (χ2v) is 6.54. The Bertz CT molecular complexity index is 388. The minimum atomic E-state index is 0.181. The van der Waals surface area contributed by atoms with Gasteiger partial charge in [0.1, 0.15) is 5.75 Å². The van der Waals surface area contributed by atoms with E-state index in [4.69, 9.17) is 4.74 Å². The first kappa shape index (κ1) is 12.8. The zero-order chi connectivity index (χ0) is 12.5. The summed E-state index contributed by atoms with van der Waals surface area (Å²) in [6.07, 6.45) is 2.52. The summed E-state index contributed by atoms with van der Waals surface area (Å²) >= 11 is 4.40. The number of rotatable bonds is 4. The van der Waals surface area contributed by atoms with Crippen molar-refractivity contribution < 1.29 is 4.74 Å². The molecule has 1 aliphatic rings. The van der Waals surface area contributed by atoms with Gasteiger partial charge in [-0.1, -0.05) is 32.9 Å². The standard InChI is InChI=1S/C15H22OS/c1-14(2,3)12-5-4-6-13(9-12)16-10-15(11-17)7-8-15/h4-6,9,17H,7-8,10-11H2,1-3H3. The van der Waals surface area contributed by atoms with Crippen LogP contribution in [0.4, 0.5) is 0 Å². The number of ether oxygens (including phenoxy) is 1. The maximum Gasteiger partial charge on any atom is 0.119 e. The third-order valence-corrected chi connectivity index (χ3v) is 4.21. The van der Waals surface area contributed by atoms with E-state index in [9.17, 15) is 0 Å². The van der Waals surface area contributed by atoms with E-state index >= 15 is 0 Å². The summed E-state index contributed by atoms with van der Waals surface area (Å²) in [5.74, 6) is 1.93. The first-order chi connectivity index (χ1) is 7.95. The lowest BCUT2D eigenvalue weighted by molar-refractivity contribution is 0.250. The average molecular weight is 250 g/mol. The van der Waals surface area contributed by atoms with E-state index in [1.807, 2.05) is 6.07 Å². The maximum atomic E-state index is 5.91. The summed E-state index contributed by atoms with van der Waals surface area (Å²) in [5, 5.41) is 0. The van der Waals surface area contributed by atoms with E-state index < -0.39 is 0 Å². The SMILES string of the molecule is CC(C)(C)c1cccc(OCC2(CS)CC2)c1. The molecule has 1 aliphatic carbocycles.